The minimum atomic E-state index is 0.324. The van der Waals surface area contributed by atoms with Crippen molar-refractivity contribution in [3.63, 3.8) is 0 Å². The normalized spacial score (nSPS) is 21.8. The van der Waals surface area contributed by atoms with Crippen LogP contribution >= 0.6 is 0 Å². The number of nitrogens with two attached hydrogens (primary N) is 1. The molecule has 0 aromatic carbocycles. The van der Waals surface area contributed by atoms with E-state index in [0.29, 0.717) is 18.4 Å². The molecule has 0 saturated carbocycles. The first-order valence-electron chi connectivity index (χ1n) is 6.91. The highest BCUT2D eigenvalue weighted by Crippen LogP contribution is 2.11. The summed E-state index contributed by atoms with van der Waals surface area (Å²) >= 11 is 0. The molecule has 0 bridgehead atoms. The van der Waals surface area contributed by atoms with E-state index in [9.17, 15) is 4.79 Å². The minimum absolute atomic E-state index is 0.324. The summed E-state index contributed by atoms with van der Waals surface area (Å²) in [4.78, 5) is 16.4. The molecule has 4 heteroatoms. The lowest BCUT2D eigenvalue weighted by Crippen LogP contribution is -2.53. The molecule has 1 aliphatic heterocycles. The van der Waals surface area contributed by atoms with Gasteiger partial charge < -0.3 is 10.6 Å². The van der Waals surface area contributed by atoms with E-state index in [-0.39, 0.29) is 0 Å². The maximum Gasteiger partial charge on any atom is 0.222 e. The largest absolute Gasteiger partial charge is 0.340 e. The lowest BCUT2D eigenvalue weighted by molar-refractivity contribution is -0.134. The van der Waals surface area contributed by atoms with Crippen LogP contribution in [0.3, 0.4) is 0 Å². The number of hydrogen-bond acceptors (Lipinski definition) is 3. The first-order chi connectivity index (χ1) is 8.19. The summed E-state index contributed by atoms with van der Waals surface area (Å²) in [5.41, 5.74) is 5.44. The Balaban J connectivity index is 2.24. The summed E-state index contributed by atoms with van der Waals surface area (Å²) in [6.07, 6.45) is 3.79. The Morgan fingerprint density at radius 2 is 2.06 bits per heavy atom. The van der Waals surface area contributed by atoms with Crippen LogP contribution in [0.5, 0.6) is 0 Å². The van der Waals surface area contributed by atoms with Crippen molar-refractivity contribution in [1.29, 1.82) is 0 Å². The first kappa shape index (κ1) is 14.5. The van der Waals surface area contributed by atoms with Gasteiger partial charge >= 0.3 is 0 Å². The third-order valence-corrected chi connectivity index (χ3v) is 3.62. The highest BCUT2D eigenvalue weighted by atomic mass is 16.2. The molecule has 1 amide bonds. The fourth-order valence-corrected chi connectivity index (χ4v) is 2.45. The maximum absolute atomic E-state index is 12.0. The van der Waals surface area contributed by atoms with Crippen molar-refractivity contribution in [2.45, 2.75) is 45.6 Å². The second-order valence-corrected chi connectivity index (χ2v) is 4.92. The van der Waals surface area contributed by atoms with Crippen molar-refractivity contribution in [3.05, 3.63) is 0 Å². The molecule has 0 aromatic heterocycles. The van der Waals surface area contributed by atoms with Crippen LogP contribution in [0.25, 0.3) is 0 Å². The van der Waals surface area contributed by atoms with Gasteiger partial charge in [0.15, 0.2) is 0 Å². The van der Waals surface area contributed by atoms with Gasteiger partial charge in [-0.25, -0.2) is 0 Å². The zero-order valence-corrected chi connectivity index (χ0v) is 11.3. The van der Waals surface area contributed by atoms with Crippen molar-refractivity contribution in [1.82, 2.24) is 9.80 Å². The number of likely N-dealkylation sites (N-methyl/N-ethyl adjacent to an activating group) is 1. The molecule has 2 N–H and O–H groups in total. The van der Waals surface area contributed by atoms with Gasteiger partial charge in [-0.1, -0.05) is 13.3 Å². The third kappa shape index (κ3) is 4.64. The molecule has 17 heavy (non-hydrogen) atoms. The van der Waals surface area contributed by atoms with Gasteiger partial charge in [0.1, 0.15) is 0 Å². The summed E-state index contributed by atoms with van der Waals surface area (Å²) in [6, 6.07) is 0.502. The number of rotatable bonds is 6. The van der Waals surface area contributed by atoms with Gasteiger partial charge in [-0.15, -0.1) is 0 Å². The van der Waals surface area contributed by atoms with Gasteiger partial charge in [-0.3, -0.25) is 9.69 Å². The predicted octanol–water partition coefficient (Wildman–Crippen LogP) is 1.06. The minimum Gasteiger partial charge on any atom is -0.340 e. The molecule has 1 aliphatic rings. The molecular formula is C13H27N3O. The zero-order chi connectivity index (χ0) is 12.7. The monoisotopic (exact) mass is 241 g/mol. The highest BCUT2D eigenvalue weighted by molar-refractivity contribution is 5.76. The van der Waals surface area contributed by atoms with Gasteiger partial charge in [0, 0.05) is 32.1 Å². The first-order valence-corrected chi connectivity index (χ1v) is 6.91. The average Bonchev–Trinajstić information content (AvgIpc) is 2.34. The highest BCUT2D eigenvalue weighted by Gasteiger charge is 2.24. The van der Waals surface area contributed by atoms with Crippen LogP contribution in [0.4, 0.5) is 0 Å². The molecule has 1 atom stereocenters. The predicted molar refractivity (Wildman–Crippen MR) is 70.8 cm³/mol. The van der Waals surface area contributed by atoms with Gasteiger partial charge in [-0.05, 0) is 32.9 Å². The SMILES string of the molecule is CCN1CCN(C(=O)CCCCCN)CC1C. The topological polar surface area (TPSA) is 49.6 Å². The number of nitrogens with zero attached hydrogens (tertiary/aromatic N) is 2. The van der Waals surface area contributed by atoms with Gasteiger partial charge in [-0.2, -0.15) is 0 Å². The van der Waals surface area contributed by atoms with Crippen LogP contribution < -0.4 is 5.73 Å². The van der Waals surface area contributed by atoms with Crippen LogP contribution in [0, 0.1) is 0 Å². The summed E-state index contributed by atoms with van der Waals surface area (Å²) < 4.78 is 0. The molecule has 1 fully saturated rings. The second kappa shape index (κ2) is 7.67. The second-order valence-electron chi connectivity index (χ2n) is 4.92. The fourth-order valence-electron chi connectivity index (χ4n) is 2.45. The fraction of sp³-hybridized carbons (Fsp3) is 0.923. The Morgan fingerprint density at radius 3 is 2.65 bits per heavy atom. The molecule has 0 radical (unpaired) electrons. The summed E-state index contributed by atoms with van der Waals surface area (Å²) in [5.74, 6) is 0.324. The van der Waals surface area contributed by atoms with E-state index in [1.54, 1.807) is 0 Å². The van der Waals surface area contributed by atoms with Crippen LogP contribution in [-0.2, 0) is 4.79 Å². The quantitative estimate of drug-likeness (QED) is 0.707. The van der Waals surface area contributed by atoms with Gasteiger partial charge in [0.05, 0.1) is 0 Å². The van der Waals surface area contributed by atoms with E-state index in [0.717, 1.165) is 52.0 Å². The van der Waals surface area contributed by atoms with Crippen LogP contribution in [0.2, 0.25) is 0 Å². The van der Waals surface area contributed by atoms with Crippen molar-refractivity contribution < 1.29 is 4.79 Å². The van der Waals surface area contributed by atoms with E-state index in [2.05, 4.69) is 18.7 Å². The summed E-state index contributed by atoms with van der Waals surface area (Å²) in [5, 5.41) is 0. The van der Waals surface area contributed by atoms with E-state index < -0.39 is 0 Å². The molecule has 1 heterocycles. The third-order valence-electron chi connectivity index (χ3n) is 3.62. The van der Waals surface area contributed by atoms with Crippen LogP contribution in [-0.4, -0.2) is 54.5 Å². The van der Waals surface area contributed by atoms with Crippen LogP contribution in [0.1, 0.15) is 39.5 Å². The molecule has 0 aromatic rings. The van der Waals surface area contributed by atoms with Crippen molar-refractivity contribution >= 4 is 5.91 Å². The van der Waals surface area contributed by atoms with Crippen molar-refractivity contribution in [3.8, 4) is 0 Å². The molecule has 4 nitrogen and oxygen atoms in total. The number of carbonyl (C=O) groups is 1. The Morgan fingerprint density at radius 1 is 1.29 bits per heavy atom. The van der Waals surface area contributed by atoms with Gasteiger partial charge in [0.2, 0.25) is 5.91 Å². The molecule has 1 rings (SSSR count). The van der Waals surface area contributed by atoms with Crippen molar-refractivity contribution in [2.75, 3.05) is 32.7 Å². The number of amides is 1. The van der Waals surface area contributed by atoms with E-state index >= 15 is 0 Å². The number of unbranched alkanes of at least 4 members (excludes halogenated alkanes) is 2. The lowest BCUT2D eigenvalue weighted by Gasteiger charge is -2.39. The van der Waals surface area contributed by atoms with Gasteiger partial charge in [0.25, 0.3) is 0 Å². The number of piperazine rings is 1. The smallest absolute Gasteiger partial charge is 0.222 e. The van der Waals surface area contributed by atoms with Crippen LogP contribution in [0.15, 0.2) is 0 Å². The molecule has 1 unspecified atom stereocenters. The molecule has 1 saturated heterocycles. The Kier molecular flexibility index (Phi) is 6.52. The summed E-state index contributed by atoms with van der Waals surface area (Å²) in [7, 11) is 0. The van der Waals surface area contributed by atoms with Crippen molar-refractivity contribution in [2.24, 2.45) is 5.73 Å². The maximum atomic E-state index is 12.0. The van der Waals surface area contributed by atoms with E-state index in [1.807, 2.05) is 4.90 Å². The standard InChI is InChI=1S/C13H27N3O/c1-3-15-9-10-16(11-12(15)2)13(17)7-5-4-6-8-14/h12H,3-11,14H2,1-2H3. The molecule has 100 valence electrons. The van der Waals surface area contributed by atoms with E-state index in [1.165, 1.54) is 0 Å². The Bertz CT molecular complexity index is 233. The number of carbonyl (C=O) groups excluding carboxylic acids is 1. The summed E-state index contributed by atoms with van der Waals surface area (Å²) in [6.45, 7) is 9.02. The van der Waals surface area contributed by atoms with E-state index in [4.69, 9.17) is 5.73 Å². The Labute approximate surface area is 105 Å². The number of hydrogen-bond donors (Lipinski definition) is 1. The Hall–Kier alpha value is -0.610. The molecule has 0 spiro atoms. The molecule has 0 aliphatic carbocycles. The lowest BCUT2D eigenvalue weighted by atomic mass is 10.1. The average molecular weight is 241 g/mol. The zero-order valence-electron chi connectivity index (χ0n) is 11.3. The molecular weight excluding hydrogens is 214 g/mol.